The Morgan fingerprint density at radius 1 is 0.808 bits per heavy atom. The third-order valence-electron chi connectivity index (χ3n) is 4.31. The van der Waals surface area contributed by atoms with Crippen LogP contribution in [-0.4, -0.2) is 6.10 Å². The summed E-state index contributed by atoms with van der Waals surface area (Å²) in [7, 11) is 0. The van der Waals surface area contributed by atoms with Gasteiger partial charge in [-0.25, -0.2) is 0 Å². The van der Waals surface area contributed by atoms with E-state index in [0.29, 0.717) is 5.56 Å². The second kappa shape index (κ2) is 7.16. The van der Waals surface area contributed by atoms with Crippen LogP contribution >= 0.6 is 0 Å². The molecule has 0 N–H and O–H groups in total. The van der Waals surface area contributed by atoms with Crippen molar-refractivity contribution in [2.75, 3.05) is 0 Å². The maximum Gasteiger partial charge on any atom is 0.160 e. The second-order valence-electron chi connectivity index (χ2n) is 6.07. The van der Waals surface area contributed by atoms with Gasteiger partial charge in [-0.2, -0.15) is 5.26 Å². The van der Waals surface area contributed by atoms with Gasteiger partial charge in [-0.15, -0.1) is 0 Å². The van der Waals surface area contributed by atoms with Crippen LogP contribution in [0.1, 0.15) is 17.5 Å². The maximum atomic E-state index is 9.16. The summed E-state index contributed by atoms with van der Waals surface area (Å²) in [5.41, 5.74) is 2.72. The molecule has 0 aliphatic heterocycles. The number of para-hydroxylation sites is 2. The van der Waals surface area contributed by atoms with Gasteiger partial charge in [0, 0.05) is 12.0 Å². The average Bonchev–Trinajstić information content (AvgIpc) is 2.70. The van der Waals surface area contributed by atoms with Crippen molar-refractivity contribution in [1.29, 1.82) is 5.26 Å². The van der Waals surface area contributed by atoms with Gasteiger partial charge in [-0.05, 0) is 42.0 Å². The van der Waals surface area contributed by atoms with Crippen LogP contribution in [0.5, 0.6) is 11.5 Å². The molecule has 1 atom stereocenters. The minimum Gasteiger partial charge on any atom is -0.482 e. The summed E-state index contributed by atoms with van der Waals surface area (Å²) in [6.45, 7) is 0. The monoisotopic (exact) mass is 339 g/mol. The van der Waals surface area contributed by atoms with Gasteiger partial charge in [0.2, 0.25) is 0 Å². The quantitative estimate of drug-likeness (QED) is 0.641. The lowest BCUT2D eigenvalue weighted by Crippen LogP contribution is -2.32. The minimum absolute atomic E-state index is 0.140. The number of ether oxygens (including phenoxy) is 2. The largest absolute Gasteiger partial charge is 0.482 e. The van der Waals surface area contributed by atoms with E-state index in [2.05, 4.69) is 6.07 Å². The van der Waals surface area contributed by atoms with E-state index in [0.717, 1.165) is 34.8 Å². The Kier molecular flexibility index (Phi) is 4.40. The summed E-state index contributed by atoms with van der Waals surface area (Å²) in [6, 6.07) is 29.2. The van der Waals surface area contributed by atoms with Gasteiger partial charge in [-0.3, -0.25) is 0 Å². The molecule has 126 valence electrons. The lowest BCUT2D eigenvalue weighted by molar-refractivity contribution is 0.167. The maximum absolute atomic E-state index is 9.16. The molecule has 1 aliphatic rings. The molecular weight excluding hydrogens is 322 g/mol. The van der Waals surface area contributed by atoms with Gasteiger partial charge in [0.15, 0.2) is 6.10 Å². The van der Waals surface area contributed by atoms with Crippen molar-refractivity contribution in [1.82, 2.24) is 0 Å². The number of rotatable bonds is 5. The van der Waals surface area contributed by atoms with E-state index in [-0.39, 0.29) is 6.10 Å². The first-order valence-electron chi connectivity index (χ1n) is 8.51. The summed E-state index contributed by atoms with van der Waals surface area (Å²) in [5, 5.41) is 9.16. The number of nitrogens with zero attached hydrogens (tertiary/aromatic N) is 1. The predicted octanol–water partition coefficient (Wildman–Crippen LogP) is 5.20. The van der Waals surface area contributed by atoms with E-state index in [9.17, 15) is 0 Å². The average molecular weight is 339 g/mol. The summed E-state index contributed by atoms with van der Waals surface area (Å²) in [6.07, 6.45) is 0.602. The number of hydrogen-bond donors (Lipinski definition) is 0. The molecule has 26 heavy (non-hydrogen) atoms. The van der Waals surface area contributed by atoms with Crippen LogP contribution in [0.3, 0.4) is 0 Å². The van der Waals surface area contributed by atoms with E-state index in [1.807, 2.05) is 78.9 Å². The topological polar surface area (TPSA) is 42.2 Å². The molecule has 0 radical (unpaired) electrons. The third kappa shape index (κ3) is 3.31. The van der Waals surface area contributed by atoms with Gasteiger partial charge in [0.05, 0.1) is 11.6 Å². The van der Waals surface area contributed by atoms with Crippen LogP contribution in [0.2, 0.25) is 0 Å². The van der Waals surface area contributed by atoms with Gasteiger partial charge in [0.25, 0.3) is 0 Å². The first-order chi connectivity index (χ1) is 12.8. The molecule has 1 unspecified atom stereocenters. The van der Waals surface area contributed by atoms with Gasteiger partial charge in [-0.1, -0.05) is 48.5 Å². The molecule has 0 aromatic heterocycles. The van der Waals surface area contributed by atoms with E-state index in [4.69, 9.17) is 14.7 Å². The van der Waals surface area contributed by atoms with Crippen LogP contribution in [0.15, 0.2) is 90.7 Å². The number of hydrogen-bond acceptors (Lipinski definition) is 3. The van der Waals surface area contributed by atoms with E-state index in [1.165, 1.54) is 0 Å². The molecule has 4 rings (SSSR count). The minimum atomic E-state index is -0.140. The fraction of sp³-hybridized carbons (Fsp3) is 0.0870. The molecule has 0 amide bonds. The van der Waals surface area contributed by atoms with E-state index >= 15 is 0 Å². The lowest BCUT2D eigenvalue weighted by atomic mass is 9.86. The molecule has 0 fully saturated rings. The highest BCUT2D eigenvalue weighted by Crippen LogP contribution is 2.40. The zero-order chi connectivity index (χ0) is 17.8. The highest BCUT2D eigenvalue weighted by Gasteiger charge is 2.35. The highest BCUT2D eigenvalue weighted by molar-refractivity contribution is 5.75. The zero-order valence-corrected chi connectivity index (χ0v) is 14.1. The van der Waals surface area contributed by atoms with Crippen LogP contribution in [0.4, 0.5) is 0 Å². The molecule has 3 heteroatoms. The summed E-state index contributed by atoms with van der Waals surface area (Å²) in [4.78, 5) is 0. The van der Waals surface area contributed by atoms with Crippen LogP contribution in [-0.2, 0) is 0 Å². The summed E-state index contributed by atoms with van der Waals surface area (Å²) < 4.78 is 12.2. The van der Waals surface area contributed by atoms with Crippen molar-refractivity contribution in [3.05, 3.63) is 102 Å². The molecule has 0 spiro atoms. The molecule has 0 saturated heterocycles. The SMILES string of the molecule is N#Cc1cccc(C2=C(Oc3ccccc3)C(Oc3ccccc3)C2)c1. The summed E-state index contributed by atoms with van der Waals surface area (Å²) in [5.74, 6) is 2.39. The van der Waals surface area contributed by atoms with Crippen LogP contribution in [0, 0.1) is 11.3 Å². The lowest BCUT2D eigenvalue weighted by Gasteiger charge is -2.33. The smallest absolute Gasteiger partial charge is 0.160 e. The Labute approximate surface area is 152 Å². The third-order valence-corrected chi connectivity index (χ3v) is 4.31. The Morgan fingerprint density at radius 2 is 1.50 bits per heavy atom. The van der Waals surface area contributed by atoms with Crippen LogP contribution in [0.25, 0.3) is 5.57 Å². The van der Waals surface area contributed by atoms with Gasteiger partial charge in [0.1, 0.15) is 17.3 Å². The molecule has 3 aromatic rings. The fourth-order valence-electron chi connectivity index (χ4n) is 2.98. The Balaban J connectivity index is 1.66. The first kappa shape index (κ1) is 16.0. The van der Waals surface area contributed by atoms with Crippen molar-refractivity contribution >= 4 is 5.57 Å². The molecule has 0 heterocycles. The Hall–Kier alpha value is -3.51. The second-order valence-corrected chi connectivity index (χ2v) is 6.07. The molecule has 3 aromatic carbocycles. The van der Waals surface area contributed by atoms with E-state index < -0.39 is 0 Å². The number of benzene rings is 3. The molecule has 1 aliphatic carbocycles. The number of nitriles is 1. The van der Waals surface area contributed by atoms with Crippen molar-refractivity contribution in [3.63, 3.8) is 0 Å². The van der Waals surface area contributed by atoms with E-state index in [1.54, 1.807) is 6.07 Å². The standard InChI is InChI=1S/C23H17NO2/c24-16-17-8-7-9-18(14-17)21-15-22(25-19-10-3-1-4-11-19)23(21)26-20-12-5-2-6-13-20/h1-14,22H,15H2. The van der Waals surface area contributed by atoms with Gasteiger partial charge < -0.3 is 9.47 Å². The first-order valence-corrected chi connectivity index (χ1v) is 8.51. The Morgan fingerprint density at radius 3 is 2.19 bits per heavy atom. The van der Waals surface area contributed by atoms with Crippen molar-refractivity contribution in [2.45, 2.75) is 12.5 Å². The Bertz CT molecular complexity index is 972. The molecular formula is C23H17NO2. The fourth-order valence-corrected chi connectivity index (χ4v) is 2.98. The van der Waals surface area contributed by atoms with Gasteiger partial charge >= 0.3 is 0 Å². The van der Waals surface area contributed by atoms with Crippen molar-refractivity contribution < 1.29 is 9.47 Å². The van der Waals surface area contributed by atoms with Crippen molar-refractivity contribution in [2.24, 2.45) is 0 Å². The van der Waals surface area contributed by atoms with Crippen molar-refractivity contribution in [3.8, 4) is 17.6 Å². The predicted molar refractivity (Wildman–Crippen MR) is 101 cm³/mol. The zero-order valence-electron chi connectivity index (χ0n) is 14.1. The highest BCUT2D eigenvalue weighted by atomic mass is 16.5. The summed E-state index contributed by atoms with van der Waals surface area (Å²) >= 11 is 0. The molecule has 0 bridgehead atoms. The van der Waals surface area contributed by atoms with Crippen LogP contribution < -0.4 is 9.47 Å². The molecule has 0 saturated carbocycles. The molecule has 3 nitrogen and oxygen atoms in total. The normalized spacial score (nSPS) is 15.7.